The predicted octanol–water partition coefficient (Wildman–Crippen LogP) is 4.60. The van der Waals surface area contributed by atoms with Crippen LogP contribution in [0.25, 0.3) is 10.4 Å². The lowest BCUT2D eigenvalue weighted by Crippen LogP contribution is -2.33. The van der Waals surface area contributed by atoms with E-state index >= 15 is 0 Å². The molecule has 0 bridgehead atoms. The molecule has 2 radical (unpaired) electrons. The Kier molecular flexibility index (Phi) is 5.99. The number of ether oxygens (including phenoxy) is 1. The van der Waals surface area contributed by atoms with E-state index in [4.69, 9.17) is 10.3 Å². The van der Waals surface area contributed by atoms with Gasteiger partial charge >= 0.3 is 0 Å². The second-order valence-electron chi connectivity index (χ2n) is 6.19. The lowest BCUT2D eigenvalue weighted by atomic mass is 10.2. The third-order valence-electron chi connectivity index (χ3n) is 3.70. The van der Waals surface area contributed by atoms with Gasteiger partial charge in [-0.2, -0.15) is 0 Å². The molecule has 1 aromatic carbocycles. The van der Waals surface area contributed by atoms with Gasteiger partial charge in [-0.3, -0.25) is 0 Å². The van der Waals surface area contributed by atoms with E-state index < -0.39 is 0 Å². The Morgan fingerprint density at radius 1 is 1.13 bits per heavy atom. The average Bonchev–Trinajstić information content (AvgIpc) is 2.90. The van der Waals surface area contributed by atoms with Crippen molar-refractivity contribution < 1.29 is 4.74 Å². The first-order valence-electron chi connectivity index (χ1n) is 8.17. The number of hydrogen-bond acceptors (Lipinski definition) is 4. The average molecular weight is 315 g/mol. The molecule has 1 heterocycles. The van der Waals surface area contributed by atoms with Gasteiger partial charge in [0.2, 0.25) is 6.67 Å². The number of unbranched alkanes of at least 4 members (excludes halogenated alkanes) is 1. The van der Waals surface area contributed by atoms with Gasteiger partial charge in [-0.15, -0.1) is 0 Å². The summed E-state index contributed by atoms with van der Waals surface area (Å²) in [6.45, 7) is 13.2. The molecule has 0 atom stereocenters. The van der Waals surface area contributed by atoms with Gasteiger partial charge in [0.05, 0.1) is 18.0 Å². The highest BCUT2D eigenvalue weighted by Crippen LogP contribution is 2.42. The SMILES string of the molecule is CC(C)N1[C]N(C(C)C)c2cc(OCCCCN=[N+]=[N-])ccc21. The summed E-state index contributed by atoms with van der Waals surface area (Å²) in [5.74, 6) is 0.866. The Morgan fingerprint density at radius 3 is 2.48 bits per heavy atom. The molecular weight excluding hydrogens is 290 g/mol. The molecular formula is C17H25N5O. The fourth-order valence-electron chi connectivity index (χ4n) is 2.52. The van der Waals surface area contributed by atoms with E-state index in [1.165, 1.54) is 5.69 Å². The zero-order valence-electron chi connectivity index (χ0n) is 14.4. The van der Waals surface area contributed by atoms with Gasteiger partial charge in [0.1, 0.15) is 5.75 Å². The Labute approximate surface area is 138 Å². The number of benzene rings is 1. The summed E-state index contributed by atoms with van der Waals surface area (Å²) >= 11 is 0. The van der Waals surface area contributed by atoms with Gasteiger partial charge < -0.3 is 14.5 Å². The summed E-state index contributed by atoms with van der Waals surface area (Å²) in [6, 6.07) is 6.90. The minimum atomic E-state index is 0.344. The topological polar surface area (TPSA) is 64.5 Å². The van der Waals surface area contributed by atoms with Crippen molar-refractivity contribution in [3.8, 4) is 5.75 Å². The molecule has 0 aliphatic carbocycles. The van der Waals surface area contributed by atoms with Crippen molar-refractivity contribution in [2.75, 3.05) is 23.0 Å². The lowest BCUT2D eigenvalue weighted by molar-refractivity contribution is 0.308. The Balaban J connectivity index is 2.02. The molecule has 0 saturated carbocycles. The maximum Gasteiger partial charge on any atom is 0.209 e. The Bertz CT molecular complexity index is 566. The minimum Gasteiger partial charge on any atom is -0.494 e. The van der Waals surface area contributed by atoms with Crippen LogP contribution in [0.1, 0.15) is 40.5 Å². The summed E-state index contributed by atoms with van der Waals surface area (Å²) in [5, 5.41) is 3.52. The lowest BCUT2D eigenvalue weighted by Gasteiger charge is -2.24. The molecule has 0 amide bonds. The molecule has 0 unspecified atom stereocenters. The van der Waals surface area contributed by atoms with Crippen molar-refractivity contribution in [1.29, 1.82) is 0 Å². The zero-order chi connectivity index (χ0) is 16.8. The van der Waals surface area contributed by atoms with E-state index in [9.17, 15) is 0 Å². The molecule has 0 fully saturated rings. The van der Waals surface area contributed by atoms with Crippen molar-refractivity contribution >= 4 is 11.4 Å². The van der Waals surface area contributed by atoms with Crippen molar-refractivity contribution in [2.24, 2.45) is 5.11 Å². The maximum absolute atomic E-state index is 8.23. The smallest absolute Gasteiger partial charge is 0.209 e. The van der Waals surface area contributed by atoms with Crippen LogP contribution >= 0.6 is 0 Å². The van der Waals surface area contributed by atoms with Crippen molar-refractivity contribution in [2.45, 2.75) is 52.6 Å². The number of azide groups is 1. The van der Waals surface area contributed by atoms with Gasteiger partial charge in [0, 0.05) is 29.6 Å². The van der Waals surface area contributed by atoms with E-state index in [0.29, 0.717) is 25.2 Å². The van der Waals surface area contributed by atoms with Crippen LogP contribution in [-0.2, 0) is 0 Å². The third-order valence-corrected chi connectivity index (χ3v) is 3.70. The standard InChI is InChI=1S/C17H25N5O/c1-13(2)21-12-22(14(3)4)17-11-15(7-8-16(17)21)23-10-6-5-9-19-20-18/h7-8,11,13-14H,5-6,9-10H2,1-4H3. The fraction of sp³-hybridized carbons (Fsp3) is 0.588. The molecule has 1 aromatic rings. The molecule has 2 rings (SSSR count). The summed E-state index contributed by atoms with van der Waals surface area (Å²) in [7, 11) is 0. The molecule has 1 aliphatic rings. The third kappa shape index (κ3) is 4.23. The first-order chi connectivity index (χ1) is 11.0. The summed E-state index contributed by atoms with van der Waals surface area (Å²) in [4.78, 5) is 7.07. The highest BCUT2D eigenvalue weighted by atomic mass is 16.5. The van der Waals surface area contributed by atoms with Gasteiger partial charge in [-0.05, 0) is 58.2 Å². The monoisotopic (exact) mass is 315 g/mol. The molecule has 1 aliphatic heterocycles. The van der Waals surface area contributed by atoms with Gasteiger partial charge in [-0.25, -0.2) is 0 Å². The first kappa shape index (κ1) is 17.3. The number of nitrogens with zero attached hydrogens (tertiary/aromatic N) is 5. The van der Waals surface area contributed by atoms with E-state index in [1.54, 1.807) is 0 Å². The van der Waals surface area contributed by atoms with Crippen molar-refractivity contribution in [3.05, 3.63) is 35.3 Å². The number of rotatable bonds is 8. The largest absolute Gasteiger partial charge is 0.494 e. The van der Waals surface area contributed by atoms with Crippen LogP contribution in [0, 0.1) is 6.67 Å². The molecule has 6 nitrogen and oxygen atoms in total. The Morgan fingerprint density at radius 2 is 1.83 bits per heavy atom. The zero-order valence-corrected chi connectivity index (χ0v) is 14.4. The highest BCUT2D eigenvalue weighted by molar-refractivity contribution is 5.80. The molecule has 23 heavy (non-hydrogen) atoms. The van der Waals surface area contributed by atoms with E-state index in [1.807, 2.05) is 6.07 Å². The van der Waals surface area contributed by atoms with Crippen LogP contribution in [0.4, 0.5) is 11.4 Å². The quantitative estimate of drug-likeness (QED) is 0.305. The van der Waals surface area contributed by atoms with Crippen LogP contribution in [0.2, 0.25) is 0 Å². The summed E-state index contributed by atoms with van der Waals surface area (Å²) < 4.78 is 5.83. The van der Waals surface area contributed by atoms with E-state index in [-0.39, 0.29) is 0 Å². The molecule has 6 heteroatoms. The minimum absolute atomic E-state index is 0.344. The maximum atomic E-state index is 8.23. The molecule has 124 valence electrons. The molecule has 0 aromatic heterocycles. The molecule has 0 spiro atoms. The second-order valence-corrected chi connectivity index (χ2v) is 6.19. The normalized spacial score (nSPS) is 13.5. The summed E-state index contributed by atoms with van der Waals surface area (Å²) in [5.41, 5.74) is 10.5. The highest BCUT2D eigenvalue weighted by Gasteiger charge is 2.31. The van der Waals surface area contributed by atoms with Crippen LogP contribution in [-0.4, -0.2) is 25.2 Å². The van der Waals surface area contributed by atoms with Crippen LogP contribution in [0.5, 0.6) is 5.75 Å². The fourth-order valence-corrected chi connectivity index (χ4v) is 2.52. The van der Waals surface area contributed by atoms with Gasteiger partial charge in [0.15, 0.2) is 0 Å². The first-order valence-corrected chi connectivity index (χ1v) is 8.17. The van der Waals surface area contributed by atoms with Gasteiger partial charge in [-0.1, -0.05) is 5.11 Å². The van der Waals surface area contributed by atoms with Crippen molar-refractivity contribution in [3.63, 3.8) is 0 Å². The predicted molar refractivity (Wildman–Crippen MR) is 93.7 cm³/mol. The number of hydrogen-bond donors (Lipinski definition) is 0. The van der Waals surface area contributed by atoms with E-state index in [0.717, 1.165) is 24.3 Å². The number of fused-ring (bicyclic) bond motifs is 1. The molecule has 0 saturated heterocycles. The van der Waals surface area contributed by atoms with Crippen LogP contribution < -0.4 is 14.5 Å². The van der Waals surface area contributed by atoms with E-state index in [2.05, 4.69) is 66.3 Å². The number of anilines is 2. The molecule has 0 N–H and O–H groups in total. The summed E-state index contributed by atoms with van der Waals surface area (Å²) in [6.07, 6.45) is 1.72. The van der Waals surface area contributed by atoms with Crippen LogP contribution in [0.15, 0.2) is 23.3 Å². The van der Waals surface area contributed by atoms with Gasteiger partial charge in [0.25, 0.3) is 0 Å². The Hall–Kier alpha value is -2.07. The van der Waals surface area contributed by atoms with Crippen LogP contribution in [0.3, 0.4) is 0 Å². The second kappa shape index (κ2) is 7.97. The van der Waals surface area contributed by atoms with Crippen molar-refractivity contribution in [1.82, 2.24) is 0 Å².